The van der Waals surface area contributed by atoms with Crippen molar-refractivity contribution in [3.63, 3.8) is 0 Å². The predicted octanol–water partition coefficient (Wildman–Crippen LogP) is 3.87. The molecule has 0 N–H and O–H groups in total. The molecular formula is C8H4Cl3N3S. The summed E-state index contributed by atoms with van der Waals surface area (Å²) in [4.78, 5) is 12.2. The minimum atomic E-state index is 0.330. The van der Waals surface area contributed by atoms with Crippen LogP contribution in [0.2, 0.25) is 14.6 Å². The minimum Gasteiger partial charge on any atom is -0.240 e. The molecule has 0 aromatic carbocycles. The number of halogens is 3. The first-order valence-electron chi connectivity index (χ1n) is 3.89. The molecule has 2 aromatic heterocycles. The van der Waals surface area contributed by atoms with E-state index in [0.29, 0.717) is 31.0 Å². The zero-order valence-electron chi connectivity index (χ0n) is 7.46. The topological polar surface area (TPSA) is 38.7 Å². The molecule has 78 valence electrons. The highest BCUT2D eigenvalue weighted by Gasteiger charge is 2.11. The van der Waals surface area contributed by atoms with Crippen molar-refractivity contribution in [1.29, 1.82) is 0 Å². The molecule has 0 saturated carbocycles. The van der Waals surface area contributed by atoms with Crippen molar-refractivity contribution < 1.29 is 0 Å². The fourth-order valence-corrected chi connectivity index (χ4v) is 2.15. The smallest absolute Gasteiger partial charge is 0.191 e. The first-order valence-corrected chi connectivity index (χ1v) is 5.84. The van der Waals surface area contributed by atoms with E-state index in [2.05, 4.69) is 15.0 Å². The Morgan fingerprint density at radius 2 is 1.73 bits per heavy atom. The van der Waals surface area contributed by atoms with E-state index >= 15 is 0 Å². The molecule has 2 rings (SSSR count). The van der Waals surface area contributed by atoms with Crippen LogP contribution in [0.1, 0.15) is 5.56 Å². The van der Waals surface area contributed by atoms with Crippen LogP contribution in [0.4, 0.5) is 0 Å². The lowest BCUT2D eigenvalue weighted by Crippen LogP contribution is -1.93. The fourth-order valence-electron chi connectivity index (χ4n) is 0.917. The van der Waals surface area contributed by atoms with Crippen molar-refractivity contribution in [3.8, 4) is 10.8 Å². The Morgan fingerprint density at radius 1 is 1.13 bits per heavy atom. The van der Waals surface area contributed by atoms with Gasteiger partial charge in [-0.3, -0.25) is 0 Å². The van der Waals surface area contributed by atoms with Crippen LogP contribution in [-0.4, -0.2) is 15.0 Å². The van der Waals surface area contributed by atoms with Crippen LogP contribution in [0.25, 0.3) is 10.8 Å². The van der Waals surface area contributed by atoms with E-state index in [9.17, 15) is 0 Å². The van der Waals surface area contributed by atoms with Gasteiger partial charge in [-0.25, -0.2) is 15.0 Å². The van der Waals surface area contributed by atoms with Crippen molar-refractivity contribution in [1.82, 2.24) is 15.0 Å². The van der Waals surface area contributed by atoms with Gasteiger partial charge in [0, 0.05) is 5.56 Å². The largest absolute Gasteiger partial charge is 0.240 e. The first kappa shape index (κ1) is 11.1. The van der Waals surface area contributed by atoms with Gasteiger partial charge in [-0.15, -0.1) is 0 Å². The maximum atomic E-state index is 5.88. The molecule has 0 aliphatic carbocycles. The van der Waals surface area contributed by atoms with E-state index in [-0.39, 0.29) is 0 Å². The molecule has 0 radical (unpaired) electrons. The number of thiazole rings is 1. The van der Waals surface area contributed by atoms with Crippen LogP contribution in [0.15, 0.2) is 6.20 Å². The second-order valence-electron chi connectivity index (χ2n) is 2.72. The minimum absolute atomic E-state index is 0.330. The van der Waals surface area contributed by atoms with E-state index in [1.165, 1.54) is 17.5 Å². The lowest BCUT2D eigenvalue weighted by Gasteiger charge is -2.01. The molecule has 0 aliphatic heterocycles. The standard InChI is InChI=1S/C8H4Cl3N3S/c1-3-5(10)13-7(14-6(3)11)8-12-2-4(9)15-8/h2H,1H3. The molecule has 0 amide bonds. The number of hydrogen-bond donors (Lipinski definition) is 0. The Labute approximate surface area is 105 Å². The third-order valence-electron chi connectivity index (χ3n) is 1.70. The Bertz CT molecular complexity index is 489. The summed E-state index contributed by atoms with van der Waals surface area (Å²) in [5.41, 5.74) is 0.657. The molecule has 15 heavy (non-hydrogen) atoms. The molecule has 0 saturated heterocycles. The number of hydrogen-bond acceptors (Lipinski definition) is 4. The summed E-state index contributed by atoms with van der Waals surface area (Å²) >= 11 is 18.8. The van der Waals surface area contributed by atoms with E-state index < -0.39 is 0 Å². The molecule has 0 spiro atoms. The first-order chi connectivity index (χ1) is 7.08. The highest BCUT2D eigenvalue weighted by atomic mass is 35.5. The SMILES string of the molecule is Cc1c(Cl)nc(-c2ncc(Cl)s2)nc1Cl. The average molecular weight is 281 g/mol. The maximum absolute atomic E-state index is 5.88. The van der Waals surface area contributed by atoms with E-state index in [0.717, 1.165) is 0 Å². The van der Waals surface area contributed by atoms with Gasteiger partial charge in [0.1, 0.15) is 14.6 Å². The highest BCUT2D eigenvalue weighted by Crippen LogP contribution is 2.29. The molecular weight excluding hydrogens is 277 g/mol. The molecule has 0 bridgehead atoms. The van der Waals surface area contributed by atoms with Gasteiger partial charge in [0.25, 0.3) is 0 Å². The summed E-state index contributed by atoms with van der Waals surface area (Å²) < 4.78 is 0.571. The summed E-state index contributed by atoms with van der Waals surface area (Å²) in [5.74, 6) is 0.396. The fraction of sp³-hybridized carbons (Fsp3) is 0.125. The van der Waals surface area contributed by atoms with Crippen LogP contribution >= 0.6 is 46.1 Å². The average Bonchev–Trinajstić information content (AvgIpc) is 2.60. The van der Waals surface area contributed by atoms with Gasteiger partial charge < -0.3 is 0 Å². The number of aromatic nitrogens is 3. The van der Waals surface area contributed by atoms with Crippen LogP contribution in [0, 0.1) is 6.92 Å². The van der Waals surface area contributed by atoms with Crippen LogP contribution in [0.3, 0.4) is 0 Å². The summed E-state index contributed by atoms with van der Waals surface area (Å²) in [6.07, 6.45) is 1.53. The van der Waals surface area contributed by atoms with E-state index in [1.54, 1.807) is 6.92 Å². The van der Waals surface area contributed by atoms with Gasteiger partial charge in [-0.05, 0) is 6.92 Å². The van der Waals surface area contributed by atoms with Gasteiger partial charge >= 0.3 is 0 Å². The van der Waals surface area contributed by atoms with Gasteiger partial charge in [-0.2, -0.15) is 0 Å². The summed E-state index contributed by atoms with van der Waals surface area (Å²) in [6.45, 7) is 1.75. The predicted molar refractivity (Wildman–Crippen MR) is 62.9 cm³/mol. The van der Waals surface area contributed by atoms with Crippen molar-refractivity contribution in [2.75, 3.05) is 0 Å². The van der Waals surface area contributed by atoms with E-state index in [4.69, 9.17) is 34.8 Å². The summed E-state index contributed by atoms with van der Waals surface area (Å²) in [7, 11) is 0. The molecule has 3 nitrogen and oxygen atoms in total. The normalized spacial score (nSPS) is 10.7. The molecule has 2 aromatic rings. The van der Waals surface area contributed by atoms with Crippen LogP contribution < -0.4 is 0 Å². The second-order valence-corrected chi connectivity index (χ2v) is 5.10. The Balaban J connectivity index is 2.55. The Kier molecular flexibility index (Phi) is 3.11. The molecule has 0 unspecified atom stereocenters. The van der Waals surface area contributed by atoms with Crippen LogP contribution in [-0.2, 0) is 0 Å². The maximum Gasteiger partial charge on any atom is 0.191 e. The lowest BCUT2D eigenvalue weighted by atomic mass is 10.4. The van der Waals surface area contributed by atoms with Gasteiger partial charge in [-0.1, -0.05) is 46.1 Å². The number of nitrogens with zero attached hydrogens (tertiary/aromatic N) is 3. The van der Waals surface area contributed by atoms with Crippen molar-refractivity contribution in [2.24, 2.45) is 0 Å². The zero-order chi connectivity index (χ0) is 11.0. The molecule has 0 fully saturated rings. The third-order valence-corrected chi connectivity index (χ3v) is 3.54. The third kappa shape index (κ3) is 2.23. The van der Waals surface area contributed by atoms with Crippen LogP contribution in [0.5, 0.6) is 0 Å². The lowest BCUT2D eigenvalue weighted by molar-refractivity contribution is 1.13. The van der Waals surface area contributed by atoms with Crippen molar-refractivity contribution in [2.45, 2.75) is 6.92 Å². The summed E-state index contributed by atoms with van der Waals surface area (Å²) in [6, 6.07) is 0. The molecule has 7 heteroatoms. The Morgan fingerprint density at radius 3 is 2.20 bits per heavy atom. The van der Waals surface area contributed by atoms with Gasteiger partial charge in [0.15, 0.2) is 10.8 Å². The molecule has 0 aliphatic rings. The molecule has 2 heterocycles. The highest BCUT2D eigenvalue weighted by molar-refractivity contribution is 7.18. The summed E-state index contributed by atoms with van der Waals surface area (Å²) in [5, 5.41) is 1.26. The number of rotatable bonds is 1. The second kappa shape index (κ2) is 4.22. The van der Waals surface area contributed by atoms with Crippen molar-refractivity contribution in [3.05, 3.63) is 26.4 Å². The van der Waals surface area contributed by atoms with E-state index in [1.807, 2.05) is 0 Å². The molecule has 0 atom stereocenters. The monoisotopic (exact) mass is 279 g/mol. The van der Waals surface area contributed by atoms with Gasteiger partial charge in [0.05, 0.1) is 6.20 Å². The zero-order valence-corrected chi connectivity index (χ0v) is 10.5. The van der Waals surface area contributed by atoms with Gasteiger partial charge in [0.2, 0.25) is 0 Å². The quantitative estimate of drug-likeness (QED) is 0.744. The van der Waals surface area contributed by atoms with Crippen molar-refractivity contribution >= 4 is 46.1 Å². The Hall–Kier alpha value is -0.420.